The van der Waals surface area contributed by atoms with Crippen LogP contribution in [0, 0.1) is 0 Å². The van der Waals surface area contributed by atoms with Crippen LogP contribution in [0.4, 0.5) is 0 Å². The number of esters is 1. The van der Waals surface area contributed by atoms with E-state index in [1.54, 1.807) is 18.9 Å². The predicted molar refractivity (Wildman–Crippen MR) is 112 cm³/mol. The van der Waals surface area contributed by atoms with E-state index in [1.165, 1.54) is 5.56 Å². The summed E-state index contributed by atoms with van der Waals surface area (Å²) in [5.74, 6) is 2.00. The molecule has 2 aromatic carbocycles. The van der Waals surface area contributed by atoms with Gasteiger partial charge in [-0.3, -0.25) is 0 Å². The molecule has 0 N–H and O–H groups in total. The summed E-state index contributed by atoms with van der Waals surface area (Å²) in [6.45, 7) is 2.72. The van der Waals surface area contributed by atoms with Gasteiger partial charge in [0.15, 0.2) is 11.9 Å². The fourth-order valence-electron chi connectivity index (χ4n) is 2.90. The normalized spacial score (nSPS) is 18.4. The van der Waals surface area contributed by atoms with Crippen molar-refractivity contribution in [3.05, 3.63) is 65.7 Å². The van der Waals surface area contributed by atoms with E-state index in [0.717, 1.165) is 17.1 Å². The standard InChI is InChI=1S/C22H25NO4S/c1-3-26-21-20(28-15-17-9-11-18(25-2)12-10-17)13-19(23-21)22(24)27-14-16-7-5-4-6-8-16/h4-12,19-20H,3,13-15H2,1-2H3/t19-,20?/m0/s1. The Morgan fingerprint density at radius 1 is 1.11 bits per heavy atom. The molecule has 0 bridgehead atoms. The van der Waals surface area contributed by atoms with Crippen LogP contribution in [0.5, 0.6) is 5.75 Å². The van der Waals surface area contributed by atoms with E-state index in [-0.39, 0.29) is 17.8 Å². The SMILES string of the molecule is CCOC1=N[C@H](C(=O)OCc2ccccc2)CC1SCc1ccc(OC)cc1. The fraction of sp³-hybridized carbons (Fsp3) is 0.364. The molecule has 148 valence electrons. The first-order valence-electron chi connectivity index (χ1n) is 9.35. The van der Waals surface area contributed by atoms with Gasteiger partial charge in [-0.25, -0.2) is 9.79 Å². The zero-order valence-electron chi connectivity index (χ0n) is 16.2. The van der Waals surface area contributed by atoms with Crippen molar-refractivity contribution in [2.45, 2.75) is 37.0 Å². The van der Waals surface area contributed by atoms with Crippen LogP contribution in [0.2, 0.25) is 0 Å². The van der Waals surface area contributed by atoms with Gasteiger partial charge < -0.3 is 14.2 Å². The number of nitrogens with zero attached hydrogens (tertiary/aromatic N) is 1. The van der Waals surface area contributed by atoms with Gasteiger partial charge in [-0.2, -0.15) is 0 Å². The summed E-state index contributed by atoms with van der Waals surface area (Å²) < 4.78 is 16.3. The number of thioether (sulfide) groups is 1. The third kappa shape index (κ3) is 5.52. The van der Waals surface area contributed by atoms with Crippen LogP contribution in [-0.2, 0) is 26.6 Å². The van der Waals surface area contributed by atoms with Gasteiger partial charge in [-0.05, 0) is 30.2 Å². The molecule has 0 aromatic heterocycles. The van der Waals surface area contributed by atoms with Crippen molar-refractivity contribution in [2.24, 2.45) is 4.99 Å². The average molecular weight is 400 g/mol. The van der Waals surface area contributed by atoms with Crippen LogP contribution in [-0.4, -0.2) is 36.9 Å². The maximum atomic E-state index is 12.5. The molecule has 1 heterocycles. The molecular formula is C22H25NO4S. The van der Waals surface area contributed by atoms with Crippen LogP contribution in [0.3, 0.4) is 0 Å². The second-order valence-corrected chi connectivity index (χ2v) is 7.58. The highest BCUT2D eigenvalue weighted by molar-refractivity contribution is 7.99. The van der Waals surface area contributed by atoms with Gasteiger partial charge in [0, 0.05) is 12.2 Å². The lowest BCUT2D eigenvalue weighted by molar-refractivity contribution is -0.146. The van der Waals surface area contributed by atoms with Crippen molar-refractivity contribution >= 4 is 23.6 Å². The van der Waals surface area contributed by atoms with E-state index in [4.69, 9.17) is 14.2 Å². The summed E-state index contributed by atoms with van der Waals surface area (Å²) in [6.07, 6.45) is 0.601. The van der Waals surface area contributed by atoms with Gasteiger partial charge in [-0.15, -0.1) is 11.8 Å². The molecule has 2 atom stereocenters. The van der Waals surface area contributed by atoms with Crippen molar-refractivity contribution in [1.29, 1.82) is 0 Å². The third-order valence-electron chi connectivity index (χ3n) is 4.39. The monoisotopic (exact) mass is 399 g/mol. The van der Waals surface area contributed by atoms with E-state index in [1.807, 2.05) is 61.5 Å². The minimum Gasteiger partial charge on any atom is -0.497 e. The topological polar surface area (TPSA) is 57.1 Å². The van der Waals surface area contributed by atoms with Crippen LogP contribution in [0.15, 0.2) is 59.6 Å². The van der Waals surface area contributed by atoms with E-state index < -0.39 is 6.04 Å². The Morgan fingerprint density at radius 3 is 2.54 bits per heavy atom. The van der Waals surface area contributed by atoms with E-state index in [0.29, 0.717) is 18.9 Å². The van der Waals surface area contributed by atoms with Gasteiger partial charge in [0.1, 0.15) is 12.4 Å². The zero-order chi connectivity index (χ0) is 19.8. The molecule has 28 heavy (non-hydrogen) atoms. The van der Waals surface area contributed by atoms with Gasteiger partial charge in [0.05, 0.1) is 19.0 Å². The summed E-state index contributed by atoms with van der Waals surface area (Å²) in [5, 5.41) is 0.0522. The highest BCUT2D eigenvalue weighted by Crippen LogP contribution is 2.30. The number of ether oxygens (including phenoxy) is 3. The molecule has 1 aliphatic rings. The Balaban J connectivity index is 1.55. The molecule has 0 amide bonds. The molecule has 1 unspecified atom stereocenters. The third-order valence-corrected chi connectivity index (χ3v) is 5.69. The van der Waals surface area contributed by atoms with Crippen molar-refractivity contribution < 1.29 is 19.0 Å². The van der Waals surface area contributed by atoms with Gasteiger partial charge in [-0.1, -0.05) is 42.5 Å². The fourth-order valence-corrected chi connectivity index (χ4v) is 4.08. The second kappa shape index (κ2) is 10.2. The summed E-state index contributed by atoms with van der Waals surface area (Å²) in [6, 6.07) is 17.1. The van der Waals surface area contributed by atoms with Crippen molar-refractivity contribution in [2.75, 3.05) is 13.7 Å². The van der Waals surface area contributed by atoms with Gasteiger partial charge >= 0.3 is 5.97 Å². The Morgan fingerprint density at radius 2 is 1.86 bits per heavy atom. The van der Waals surface area contributed by atoms with Gasteiger partial charge in [0.25, 0.3) is 0 Å². The molecule has 0 saturated carbocycles. The quantitative estimate of drug-likeness (QED) is 0.621. The number of hydrogen-bond acceptors (Lipinski definition) is 6. The van der Waals surface area contributed by atoms with E-state index in [2.05, 4.69) is 4.99 Å². The number of rotatable bonds is 8. The maximum absolute atomic E-state index is 12.5. The number of carbonyl (C=O) groups is 1. The van der Waals surface area contributed by atoms with Crippen molar-refractivity contribution in [3.63, 3.8) is 0 Å². The van der Waals surface area contributed by atoms with Crippen molar-refractivity contribution in [3.8, 4) is 5.75 Å². The minimum absolute atomic E-state index is 0.0522. The molecule has 2 aromatic rings. The maximum Gasteiger partial charge on any atom is 0.331 e. The first-order chi connectivity index (χ1) is 13.7. The number of methoxy groups -OCH3 is 1. The van der Waals surface area contributed by atoms with Crippen LogP contribution in [0.25, 0.3) is 0 Å². The summed E-state index contributed by atoms with van der Waals surface area (Å²) in [7, 11) is 1.66. The molecule has 0 aliphatic carbocycles. The lowest BCUT2D eigenvalue weighted by Gasteiger charge is -2.13. The molecule has 5 nitrogen and oxygen atoms in total. The minimum atomic E-state index is -0.501. The average Bonchev–Trinajstić information content (AvgIpc) is 3.15. The van der Waals surface area contributed by atoms with E-state index >= 15 is 0 Å². The van der Waals surface area contributed by atoms with E-state index in [9.17, 15) is 4.79 Å². The predicted octanol–water partition coefficient (Wildman–Crippen LogP) is 4.25. The zero-order valence-corrected chi connectivity index (χ0v) is 17.0. The first-order valence-corrected chi connectivity index (χ1v) is 10.4. The highest BCUT2D eigenvalue weighted by atomic mass is 32.2. The highest BCUT2D eigenvalue weighted by Gasteiger charge is 2.35. The molecule has 0 saturated heterocycles. The van der Waals surface area contributed by atoms with Crippen LogP contribution < -0.4 is 4.74 Å². The van der Waals surface area contributed by atoms with Crippen LogP contribution >= 0.6 is 11.8 Å². The lowest BCUT2D eigenvalue weighted by Crippen LogP contribution is -2.21. The first kappa shape index (κ1) is 20.3. The molecule has 0 radical (unpaired) electrons. The largest absolute Gasteiger partial charge is 0.497 e. The second-order valence-electron chi connectivity index (χ2n) is 6.39. The smallest absolute Gasteiger partial charge is 0.331 e. The Bertz CT molecular complexity index is 792. The lowest BCUT2D eigenvalue weighted by atomic mass is 10.2. The molecular weight excluding hydrogens is 374 g/mol. The molecule has 1 aliphatic heterocycles. The van der Waals surface area contributed by atoms with Gasteiger partial charge in [0.2, 0.25) is 0 Å². The number of hydrogen-bond donors (Lipinski definition) is 0. The summed E-state index contributed by atoms with van der Waals surface area (Å²) >= 11 is 1.73. The van der Waals surface area contributed by atoms with Crippen molar-refractivity contribution in [1.82, 2.24) is 0 Å². The molecule has 0 spiro atoms. The Hall–Kier alpha value is -2.47. The number of aliphatic imine (C=N–C) groups is 1. The Labute approximate surface area is 170 Å². The molecule has 3 rings (SSSR count). The molecule has 0 fully saturated rings. The number of carbonyl (C=O) groups excluding carboxylic acids is 1. The summed E-state index contributed by atoms with van der Waals surface area (Å²) in [5.41, 5.74) is 2.16. The Kier molecular flexibility index (Phi) is 7.37. The molecule has 6 heteroatoms. The number of benzene rings is 2. The summed E-state index contributed by atoms with van der Waals surface area (Å²) in [4.78, 5) is 16.9. The van der Waals surface area contributed by atoms with Crippen LogP contribution in [0.1, 0.15) is 24.5 Å².